The van der Waals surface area contributed by atoms with Crippen LogP contribution >= 0.6 is 0 Å². The first-order valence-electron chi connectivity index (χ1n) is 12.3. The summed E-state index contributed by atoms with van der Waals surface area (Å²) in [5.41, 5.74) is 1.19. The van der Waals surface area contributed by atoms with Gasteiger partial charge in [0.05, 0.1) is 11.3 Å². The van der Waals surface area contributed by atoms with E-state index in [9.17, 15) is 23.1 Å². The second kappa shape index (κ2) is 12.1. The molecule has 0 radical (unpaired) electrons. The van der Waals surface area contributed by atoms with Gasteiger partial charge in [-0.3, -0.25) is 14.6 Å². The zero-order chi connectivity index (χ0) is 26.3. The Balaban J connectivity index is 1.38. The zero-order valence-corrected chi connectivity index (χ0v) is 21.2. The monoisotopic (exact) mass is 528 g/mol. The van der Waals surface area contributed by atoms with E-state index >= 15 is 0 Å². The standard InChI is InChI=1S/C25H32N6O5S/c32-23(33)17-22(30-37(35,36)21-8-2-1-3-9-21)29-24(34)18-6-4-7-20(16-18)31-14-10-19(11-15-31)28-25-26-12-5-13-27-25/h1-4,6-9,16,19,22,30H,5,10-15,17H2,(H,29,34)(H,32,33)(H2,26,27,28). The van der Waals surface area contributed by atoms with Crippen LogP contribution in [0.25, 0.3) is 0 Å². The lowest BCUT2D eigenvalue weighted by molar-refractivity contribution is -0.137. The van der Waals surface area contributed by atoms with Gasteiger partial charge in [-0.2, -0.15) is 4.72 Å². The average molecular weight is 529 g/mol. The van der Waals surface area contributed by atoms with E-state index in [1.165, 1.54) is 12.1 Å². The summed E-state index contributed by atoms with van der Waals surface area (Å²) in [4.78, 5) is 31.0. The second-order valence-electron chi connectivity index (χ2n) is 9.02. The van der Waals surface area contributed by atoms with Gasteiger partial charge in [-0.25, -0.2) is 8.42 Å². The van der Waals surface area contributed by atoms with Gasteiger partial charge in [-0.15, -0.1) is 0 Å². The van der Waals surface area contributed by atoms with Crippen molar-refractivity contribution in [1.29, 1.82) is 0 Å². The van der Waals surface area contributed by atoms with Gasteiger partial charge >= 0.3 is 5.97 Å². The molecule has 0 spiro atoms. The number of nitrogens with zero attached hydrogens (tertiary/aromatic N) is 2. The number of hydrogen-bond acceptors (Lipinski definition) is 8. The van der Waals surface area contributed by atoms with E-state index in [0.717, 1.165) is 57.1 Å². The predicted octanol–water partition coefficient (Wildman–Crippen LogP) is 1.10. The average Bonchev–Trinajstić information content (AvgIpc) is 2.90. The fraction of sp³-hybridized carbons (Fsp3) is 0.400. The Morgan fingerprint density at radius 2 is 1.86 bits per heavy atom. The lowest BCUT2D eigenvalue weighted by Gasteiger charge is -2.35. The number of carboxylic acid groups (broad SMARTS) is 1. The molecule has 4 rings (SSSR count). The maximum Gasteiger partial charge on any atom is 0.306 e. The van der Waals surface area contributed by atoms with E-state index < -0.39 is 34.5 Å². The van der Waals surface area contributed by atoms with Gasteiger partial charge < -0.3 is 26.0 Å². The van der Waals surface area contributed by atoms with Gasteiger partial charge in [0.1, 0.15) is 6.17 Å². The fourth-order valence-corrected chi connectivity index (χ4v) is 5.51. The number of hydrogen-bond donors (Lipinski definition) is 5. The summed E-state index contributed by atoms with van der Waals surface area (Å²) in [6.45, 7) is 3.37. The Kier molecular flexibility index (Phi) is 8.62. The molecule has 11 nitrogen and oxygen atoms in total. The van der Waals surface area contributed by atoms with Crippen molar-refractivity contribution in [3.8, 4) is 0 Å². The summed E-state index contributed by atoms with van der Waals surface area (Å²) in [5, 5.41) is 18.5. The fourth-order valence-electron chi connectivity index (χ4n) is 4.34. The van der Waals surface area contributed by atoms with Crippen molar-refractivity contribution in [2.75, 3.05) is 31.1 Å². The van der Waals surface area contributed by atoms with Crippen molar-refractivity contribution < 1.29 is 23.1 Å². The third-order valence-corrected chi connectivity index (χ3v) is 7.73. The van der Waals surface area contributed by atoms with Crippen LogP contribution in [0.5, 0.6) is 0 Å². The summed E-state index contributed by atoms with van der Waals surface area (Å²) >= 11 is 0. The normalized spacial score (nSPS) is 17.3. The Morgan fingerprint density at radius 1 is 1.11 bits per heavy atom. The van der Waals surface area contributed by atoms with Crippen molar-refractivity contribution in [3.63, 3.8) is 0 Å². The van der Waals surface area contributed by atoms with Crippen LogP contribution in [0.15, 0.2) is 64.5 Å². The van der Waals surface area contributed by atoms with E-state index in [0.29, 0.717) is 11.6 Å². The van der Waals surface area contributed by atoms with Crippen molar-refractivity contribution in [2.24, 2.45) is 4.99 Å². The molecule has 1 fully saturated rings. The van der Waals surface area contributed by atoms with E-state index in [2.05, 4.69) is 30.6 Å². The zero-order valence-electron chi connectivity index (χ0n) is 20.4. The van der Waals surface area contributed by atoms with E-state index in [-0.39, 0.29) is 4.90 Å². The number of carboxylic acids is 1. The highest BCUT2D eigenvalue weighted by Crippen LogP contribution is 2.21. The smallest absolute Gasteiger partial charge is 0.306 e. The molecule has 2 heterocycles. The number of carbonyl (C=O) groups excluding carboxylic acids is 1. The van der Waals surface area contributed by atoms with Gasteiger partial charge in [0, 0.05) is 43.5 Å². The van der Waals surface area contributed by atoms with Crippen molar-refractivity contribution >= 4 is 33.5 Å². The topological polar surface area (TPSA) is 152 Å². The molecule has 1 atom stereocenters. The third-order valence-electron chi connectivity index (χ3n) is 6.24. The number of aliphatic imine (C=N–C) groups is 1. The SMILES string of the molecule is O=C(O)CC(NC(=O)c1cccc(N2CCC(NC3=NCCCN3)CC2)c1)NS(=O)(=O)c1ccccc1. The number of piperidine rings is 1. The van der Waals surface area contributed by atoms with Gasteiger partial charge in [-0.05, 0) is 49.6 Å². The Hall–Kier alpha value is -3.64. The molecule has 1 amide bonds. The Bertz CT molecular complexity index is 1230. The number of carbonyl (C=O) groups is 2. The maximum absolute atomic E-state index is 13.0. The summed E-state index contributed by atoms with van der Waals surface area (Å²) < 4.78 is 27.6. The minimum absolute atomic E-state index is 0.0223. The van der Waals surface area contributed by atoms with Gasteiger partial charge in [0.25, 0.3) is 5.91 Å². The number of amides is 1. The van der Waals surface area contributed by atoms with Crippen LogP contribution in [-0.4, -0.2) is 69.7 Å². The third kappa shape index (κ3) is 7.43. The lowest BCUT2D eigenvalue weighted by Crippen LogP contribution is -2.50. The number of sulfonamides is 1. The van der Waals surface area contributed by atoms with Crippen LogP contribution < -0.4 is 25.6 Å². The van der Waals surface area contributed by atoms with E-state index in [4.69, 9.17) is 0 Å². The number of rotatable bonds is 9. The molecular weight excluding hydrogens is 496 g/mol. The number of anilines is 1. The van der Waals surface area contributed by atoms with E-state index in [1.807, 2.05) is 6.07 Å². The molecule has 2 aromatic rings. The molecule has 0 aliphatic carbocycles. The molecule has 0 saturated carbocycles. The largest absolute Gasteiger partial charge is 0.481 e. The molecule has 0 bridgehead atoms. The van der Waals surface area contributed by atoms with E-state index in [1.54, 1.807) is 36.4 Å². The highest BCUT2D eigenvalue weighted by molar-refractivity contribution is 7.89. The molecule has 198 valence electrons. The van der Waals surface area contributed by atoms with Crippen LogP contribution in [0, 0.1) is 0 Å². The summed E-state index contributed by atoms with van der Waals surface area (Å²) in [5.74, 6) is -0.954. The van der Waals surface area contributed by atoms with Gasteiger partial charge in [0.2, 0.25) is 10.0 Å². The first-order valence-corrected chi connectivity index (χ1v) is 13.8. The molecule has 2 aliphatic rings. The van der Waals surface area contributed by atoms with Crippen LogP contribution in [0.4, 0.5) is 5.69 Å². The van der Waals surface area contributed by atoms with Gasteiger partial charge in [0.15, 0.2) is 5.96 Å². The quantitative estimate of drug-likeness (QED) is 0.304. The van der Waals surface area contributed by atoms with Crippen molar-refractivity contribution in [2.45, 2.75) is 42.8 Å². The van der Waals surface area contributed by atoms with Crippen molar-refractivity contribution in [1.82, 2.24) is 20.7 Å². The van der Waals surface area contributed by atoms with Gasteiger partial charge in [-0.1, -0.05) is 24.3 Å². The van der Waals surface area contributed by atoms with Crippen LogP contribution in [0.3, 0.4) is 0 Å². The van der Waals surface area contributed by atoms with Crippen LogP contribution in [0.2, 0.25) is 0 Å². The summed E-state index contributed by atoms with van der Waals surface area (Å²) in [7, 11) is -4.03. The lowest BCUT2D eigenvalue weighted by atomic mass is 10.0. The molecule has 0 aromatic heterocycles. The number of guanidine groups is 1. The molecule has 37 heavy (non-hydrogen) atoms. The predicted molar refractivity (Wildman–Crippen MR) is 140 cm³/mol. The molecular formula is C25H32N6O5S. The molecule has 2 aromatic carbocycles. The molecule has 1 unspecified atom stereocenters. The minimum atomic E-state index is -4.03. The highest BCUT2D eigenvalue weighted by Gasteiger charge is 2.25. The molecule has 5 N–H and O–H groups in total. The number of benzene rings is 2. The highest BCUT2D eigenvalue weighted by atomic mass is 32.2. The summed E-state index contributed by atoms with van der Waals surface area (Å²) in [6, 6.07) is 14.9. The van der Waals surface area contributed by atoms with Crippen molar-refractivity contribution in [3.05, 3.63) is 60.2 Å². The maximum atomic E-state index is 13.0. The molecule has 12 heteroatoms. The first kappa shape index (κ1) is 26.4. The van der Waals surface area contributed by atoms with Crippen LogP contribution in [-0.2, 0) is 14.8 Å². The first-order chi connectivity index (χ1) is 17.8. The number of aliphatic carboxylic acids is 1. The minimum Gasteiger partial charge on any atom is -0.481 e. The molecule has 1 saturated heterocycles. The Morgan fingerprint density at radius 3 is 2.54 bits per heavy atom. The summed E-state index contributed by atoms with van der Waals surface area (Å²) in [6.07, 6.45) is 0.941. The number of nitrogens with one attached hydrogen (secondary N) is 4. The molecule has 2 aliphatic heterocycles. The Labute approximate surface area is 216 Å². The van der Waals surface area contributed by atoms with Crippen LogP contribution in [0.1, 0.15) is 36.0 Å². The second-order valence-corrected chi connectivity index (χ2v) is 10.7.